The molecule has 0 spiro atoms. The van der Waals surface area contributed by atoms with Crippen LogP contribution in [0.5, 0.6) is 0 Å². The molecule has 1 heterocycles. The van der Waals surface area contributed by atoms with Gasteiger partial charge in [0.1, 0.15) is 0 Å². The Morgan fingerprint density at radius 2 is 1.63 bits per heavy atom. The average Bonchev–Trinajstić information content (AvgIpc) is 2.95. The fraction of sp³-hybridized carbons (Fsp3) is 0.571. The smallest absolute Gasteiger partial charge is 0.229 e. The molecule has 3 fully saturated rings. The van der Waals surface area contributed by atoms with Gasteiger partial charge in [-0.2, -0.15) is 0 Å². The number of carbonyl (C=O) groups is 3. The maximum atomic E-state index is 12.7. The minimum atomic E-state index is -0.113. The largest absolute Gasteiger partial charge is 0.327 e. The zero-order chi connectivity index (χ0) is 19.0. The lowest BCUT2D eigenvalue weighted by Gasteiger charge is -2.43. The number of carbonyl (C=O) groups excluding carboxylic acids is 3. The van der Waals surface area contributed by atoms with E-state index in [1.54, 1.807) is 0 Å². The van der Waals surface area contributed by atoms with Crippen molar-refractivity contribution in [2.45, 2.75) is 57.5 Å². The van der Waals surface area contributed by atoms with E-state index in [1.165, 1.54) is 11.3 Å². The van der Waals surface area contributed by atoms with E-state index in [2.05, 4.69) is 5.32 Å². The van der Waals surface area contributed by atoms with E-state index in [1.807, 2.05) is 24.3 Å². The van der Waals surface area contributed by atoms with E-state index in [0.717, 1.165) is 36.9 Å². The third-order valence-electron chi connectivity index (χ3n) is 6.50. The number of amides is 3. The molecular weight excluding hydrogens is 342 g/mol. The molecular formula is C21H27N3O3. The van der Waals surface area contributed by atoms with Gasteiger partial charge < -0.3 is 11.1 Å². The molecule has 3 aliphatic rings. The molecule has 6 heteroatoms. The summed E-state index contributed by atoms with van der Waals surface area (Å²) in [5, 5.41) is 3.03. The van der Waals surface area contributed by atoms with Crippen molar-refractivity contribution in [3.63, 3.8) is 0 Å². The van der Waals surface area contributed by atoms with Gasteiger partial charge in [0.2, 0.25) is 17.7 Å². The van der Waals surface area contributed by atoms with Crippen molar-refractivity contribution in [1.82, 2.24) is 4.90 Å². The molecule has 1 aromatic rings. The monoisotopic (exact) mass is 369 g/mol. The lowest BCUT2D eigenvalue weighted by molar-refractivity contribution is -0.139. The van der Waals surface area contributed by atoms with Gasteiger partial charge in [-0.05, 0) is 55.2 Å². The number of anilines is 1. The maximum absolute atomic E-state index is 12.7. The van der Waals surface area contributed by atoms with Crippen LogP contribution in [0, 0.1) is 17.8 Å². The Morgan fingerprint density at radius 3 is 2.22 bits per heavy atom. The van der Waals surface area contributed by atoms with Gasteiger partial charge in [0, 0.05) is 30.5 Å². The molecule has 3 amide bonds. The quantitative estimate of drug-likeness (QED) is 0.797. The van der Waals surface area contributed by atoms with Crippen LogP contribution < -0.4 is 11.1 Å². The summed E-state index contributed by atoms with van der Waals surface area (Å²) in [4.78, 5) is 37.5. The standard InChI is InChI=1S/C21H27N3O3/c22-20-14-2-1-3-15(20)11-16(10-14)21(27)23-17-6-4-13(5-7-17)12-24-18(25)8-9-19(24)26/h4-7,14-16,20H,1-3,8-12,22H2,(H,23,27). The second kappa shape index (κ2) is 7.43. The number of likely N-dealkylation sites (tertiary alicyclic amines) is 1. The summed E-state index contributed by atoms with van der Waals surface area (Å²) in [6.07, 6.45) is 5.91. The van der Waals surface area contributed by atoms with Gasteiger partial charge in [-0.1, -0.05) is 18.6 Å². The third-order valence-corrected chi connectivity index (χ3v) is 6.50. The molecule has 1 aromatic carbocycles. The summed E-state index contributed by atoms with van der Waals surface area (Å²) in [5.74, 6) is 0.852. The van der Waals surface area contributed by atoms with Crippen molar-refractivity contribution in [2.75, 3.05) is 5.32 Å². The average molecular weight is 369 g/mol. The Morgan fingerprint density at radius 1 is 1.04 bits per heavy atom. The van der Waals surface area contributed by atoms with Crippen molar-refractivity contribution in [1.29, 1.82) is 0 Å². The number of fused-ring (bicyclic) bond motifs is 2. The van der Waals surface area contributed by atoms with E-state index in [4.69, 9.17) is 5.73 Å². The van der Waals surface area contributed by atoms with Crippen molar-refractivity contribution >= 4 is 23.4 Å². The van der Waals surface area contributed by atoms with Gasteiger partial charge in [-0.15, -0.1) is 0 Å². The number of benzene rings is 1. The van der Waals surface area contributed by atoms with Crippen molar-refractivity contribution in [2.24, 2.45) is 23.5 Å². The summed E-state index contributed by atoms with van der Waals surface area (Å²) in [6, 6.07) is 7.67. The molecule has 6 nitrogen and oxygen atoms in total. The fourth-order valence-electron chi connectivity index (χ4n) is 4.92. The minimum absolute atomic E-state index is 0.0413. The summed E-state index contributed by atoms with van der Waals surface area (Å²) in [7, 11) is 0. The van der Waals surface area contributed by atoms with Crippen LogP contribution in [-0.4, -0.2) is 28.7 Å². The molecule has 27 heavy (non-hydrogen) atoms. The van der Waals surface area contributed by atoms with Gasteiger partial charge >= 0.3 is 0 Å². The molecule has 2 saturated carbocycles. The Bertz CT molecular complexity index is 716. The highest BCUT2D eigenvalue weighted by Crippen LogP contribution is 2.42. The van der Waals surface area contributed by atoms with Crippen LogP contribution in [-0.2, 0) is 20.9 Å². The molecule has 2 aliphatic carbocycles. The Labute approximate surface area is 159 Å². The highest BCUT2D eigenvalue weighted by Gasteiger charge is 2.40. The first-order valence-electron chi connectivity index (χ1n) is 10.00. The van der Waals surface area contributed by atoms with Crippen LogP contribution in [0.4, 0.5) is 5.69 Å². The predicted molar refractivity (Wildman–Crippen MR) is 101 cm³/mol. The number of hydrogen-bond donors (Lipinski definition) is 2. The number of nitrogens with two attached hydrogens (primary N) is 1. The maximum Gasteiger partial charge on any atom is 0.229 e. The highest BCUT2D eigenvalue weighted by molar-refractivity contribution is 6.01. The predicted octanol–water partition coefficient (Wildman–Crippen LogP) is 2.43. The van der Waals surface area contributed by atoms with Crippen LogP contribution in [0.2, 0.25) is 0 Å². The van der Waals surface area contributed by atoms with Gasteiger partial charge in [0.05, 0.1) is 6.54 Å². The minimum Gasteiger partial charge on any atom is -0.327 e. The molecule has 1 saturated heterocycles. The molecule has 3 N–H and O–H groups in total. The molecule has 1 aliphatic heterocycles. The van der Waals surface area contributed by atoms with Crippen LogP contribution in [0.15, 0.2) is 24.3 Å². The lowest BCUT2D eigenvalue weighted by Crippen LogP contribution is -2.48. The zero-order valence-corrected chi connectivity index (χ0v) is 15.5. The number of imide groups is 1. The van der Waals surface area contributed by atoms with Crippen molar-refractivity contribution in [3.05, 3.63) is 29.8 Å². The number of nitrogens with zero attached hydrogens (tertiary/aromatic N) is 1. The normalized spacial score (nSPS) is 30.5. The summed E-state index contributed by atoms with van der Waals surface area (Å²) in [6.45, 7) is 0.301. The summed E-state index contributed by atoms with van der Waals surface area (Å²) >= 11 is 0. The second-order valence-electron chi connectivity index (χ2n) is 8.26. The Kier molecular flexibility index (Phi) is 5.00. The van der Waals surface area contributed by atoms with E-state index >= 15 is 0 Å². The van der Waals surface area contributed by atoms with E-state index in [9.17, 15) is 14.4 Å². The first kappa shape index (κ1) is 18.2. The first-order valence-corrected chi connectivity index (χ1v) is 10.00. The van der Waals surface area contributed by atoms with Crippen LogP contribution in [0.25, 0.3) is 0 Å². The highest BCUT2D eigenvalue weighted by atomic mass is 16.2. The fourth-order valence-corrected chi connectivity index (χ4v) is 4.92. The topological polar surface area (TPSA) is 92.5 Å². The van der Waals surface area contributed by atoms with Crippen LogP contribution in [0.3, 0.4) is 0 Å². The molecule has 0 aromatic heterocycles. The SMILES string of the molecule is NC1C2CCCC1CC(C(=O)Nc1ccc(CN3C(=O)CCC3=O)cc1)C2. The Balaban J connectivity index is 1.35. The van der Waals surface area contributed by atoms with Gasteiger partial charge in [-0.3, -0.25) is 19.3 Å². The molecule has 2 bridgehead atoms. The molecule has 2 unspecified atom stereocenters. The zero-order valence-electron chi connectivity index (χ0n) is 15.5. The van der Waals surface area contributed by atoms with Crippen LogP contribution >= 0.6 is 0 Å². The lowest BCUT2D eigenvalue weighted by atomic mass is 9.65. The molecule has 144 valence electrons. The molecule has 2 atom stereocenters. The van der Waals surface area contributed by atoms with Crippen molar-refractivity contribution in [3.8, 4) is 0 Å². The molecule has 0 radical (unpaired) electrons. The van der Waals surface area contributed by atoms with E-state index in [-0.39, 0.29) is 29.7 Å². The third kappa shape index (κ3) is 3.76. The number of nitrogens with one attached hydrogen (secondary N) is 1. The second-order valence-corrected chi connectivity index (χ2v) is 8.26. The van der Waals surface area contributed by atoms with Gasteiger partial charge in [0.25, 0.3) is 0 Å². The van der Waals surface area contributed by atoms with Crippen molar-refractivity contribution < 1.29 is 14.4 Å². The Hall–Kier alpha value is -2.21. The van der Waals surface area contributed by atoms with E-state index in [0.29, 0.717) is 31.2 Å². The molecule has 4 rings (SSSR count). The first-order chi connectivity index (χ1) is 13.0. The van der Waals surface area contributed by atoms with E-state index < -0.39 is 0 Å². The number of hydrogen-bond acceptors (Lipinski definition) is 4. The summed E-state index contributed by atoms with van der Waals surface area (Å²) in [5.41, 5.74) is 7.96. The van der Waals surface area contributed by atoms with Crippen LogP contribution in [0.1, 0.15) is 50.5 Å². The summed E-state index contributed by atoms with van der Waals surface area (Å²) < 4.78 is 0. The van der Waals surface area contributed by atoms with Gasteiger partial charge in [-0.25, -0.2) is 0 Å². The number of rotatable bonds is 4. The van der Waals surface area contributed by atoms with Gasteiger partial charge in [0.15, 0.2) is 0 Å².